The molecule has 0 fully saturated rings. The lowest BCUT2D eigenvalue weighted by molar-refractivity contribution is -0.185. The Hall–Kier alpha value is -0.870. The number of nitrogens with zero attached hydrogens (tertiary/aromatic N) is 1. The Labute approximate surface area is 85.2 Å². The first-order chi connectivity index (χ1) is 6.45. The van der Waals surface area contributed by atoms with Gasteiger partial charge in [-0.2, -0.15) is 0 Å². The standard InChI is InChI=1S/C10H19NO3/c1-5-10(4,13)14-9(12)8-11(6-2)7-3/h5,13H,1,6-8H2,2-4H3. The van der Waals surface area contributed by atoms with Gasteiger partial charge in [-0.15, -0.1) is 0 Å². The molecule has 1 atom stereocenters. The van der Waals surface area contributed by atoms with Crippen LogP contribution in [-0.2, 0) is 9.53 Å². The van der Waals surface area contributed by atoms with Crippen LogP contribution < -0.4 is 0 Å². The van der Waals surface area contributed by atoms with Gasteiger partial charge in [0.2, 0.25) is 5.79 Å². The summed E-state index contributed by atoms with van der Waals surface area (Å²) in [7, 11) is 0. The molecule has 0 bridgehead atoms. The highest BCUT2D eigenvalue weighted by Gasteiger charge is 2.21. The molecule has 0 amide bonds. The van der Waals surface area contributed by atoms with Crippen molar-refractivity contribution in [3.63, 3.8) is 0 Å². The van der Waals surface area contributed by atoms with E-state index in [1.165, 1.54) is 13.0 Å². The monoisotopic (exact) mass is 201 g/mol. The lowest BCUT2D eigenvalue weighted by Gasteiger charge is -2.22. The van der Waals surface area contributed by atoms with Crippen LogP contribution in [0.25, 0.3) is 0 Å². The molecule has 0 aromatic rings. The van der Waals surface area contributed by atoms with Gasteiger partial charge < -0.3 is 9.84 Å². The summed E-state index contributed by atoms with van der Waals surface area (Å²) in [4.78, 5) is 13.2. The molecular weight excluding hydrogens is 182 g/mol. The molecule has 0 rings (SSSR count). The van der Waals surface area contributed by atoms with Gasteiger partial charge in [0.15, 0.2) is 0 Å². The fourth-order valence-electron chi connectivity index (χ4n) is 0.934. The van der Waals surface area contributed by atoms with Gasteiger partial charge in [0.25, 0.3) is 0 Å². The summed E-state index contributed by atoms with van der Waals surface area (Å²) in [6.07, 6.45) is 1.19. The first-order valence-corrected chi connectivity index (χ1v) is 4.75. The lowest BCUT2D eigenvalue weighted by atomic mass is 10.3. The summed E-state index contributed by atoms with van der Waals surface area (Å²) in [5, 5.41) is 9.37. The van der Waals surface area contributed by atoms with Crippen LogP contribution in [0.15, 0.2) is 12.7 Å². The summed E-state index contributed by atoms with van der Waals surface area (Å²) in [6.45, 7) is 10.4. The van der Waals surface area contributed by atoms with Gasteiger partial charge in [0.05, 0.1) is 6.54 Å². The molecule has 0 aliphatic carbocycles. The van der Waals surface area contributed by atoms with Gasteiger partial charge in [-0.05, 0) is 19.2 Å². The van der Waals surface area contributed by atoms with E-state index in [9.17, 15) is 9.90 Å². The van der Waals surface area contributed by atoms with Gasteiger partial charge in [-0.25, -0.2) is 0 Å². The zero-order valence-electron chi connectivity index (χ0n) is 9.12. The molecule has 0 saturated heterocycles. The average Bonchev–Trinajstić information content (AvgIpc) is 2.13. The molecule has 0 aliphatic heterocycles. The summed E-state index contributed by atoms with van der Waals surface area (Å²) in [6, 6.07) is 0. The molecule has 4 heteroatoms. The quantitative estimate of drug-likeness (QED) is 0.392. The molecule has 0 aromatic heterocycles. The van der Waals surface area contributed by atoms with Crippen molar-refractivity contribution in [1.29, 1.82) is 0 Å². The Morgan fingerprint density at radius 3 is 2.43 bits per heavy atom. The maximum atomic E-state index is 11.3. The Morgan fingerprint density at radius 1 is 1.57 bits per heavy atom. The number of carbonyl (C=O) groups is 1. The first kappa shape index (κ1) is 13.1. The van der Waals surface area contributed by atoms with Crippen molar-refractivity contribution in [3.05, 3.63) is 12.7 Å². The Kier molecular flexibility index (Phi) is 5.42. The van der Waals surface area contributed by atoms with Crippen molar-refractivity contribution in [2.24, 2.45) is 0 Å². The van der Waals surface area contributed by atoms with Gasteiger partial charge in [-0.1, -0.05) is 20.4 Å². The van der Waals surface area contributed by atoms with Gasteiger partial charge in [0, 0.05) is 6.92 Å². The highest BCUT2D eigenvalue weighted by Crippen LogP contribution is 2.06. The van der Waals surface area contributed by atoms with Crippen LogP contribution in [0.2, 0.25) is 0 Å². The van der Waals surface area contributed by atoms with Gasteiger partial charge in [0.1, 0.15) is 0 Å². The van der Waals surface area contributed by atoms with Gasteiger partial charge in [-0.3, -0.25) is 9.69 Å². The van der Waals surface area contributed by atoms with Crippen LogP contribution in [0.3, 0.4) is 0 Å². The average molecular weight is 201 g/mol. The van der Waals surface area contributed by atoms with Crippen molar-refractivity contribution in [1.82, 2.24) is 4.90 Å². The molecule has 0 aliphatic rings. The fourth-order valence-corrected chi connectivity index (χ4v) is 0.934. The summed E-state index contributed by atoms with van der Waals surface area (Å²) in [5.41, 5.74) is 0. The number of esters is 1. The van der Waals surface area contributed by atoms with E-state index in [4.69, 9.17) is 4.74 Å². The minimum Gasteiger partial charge on any atom is -0.429 e. The van der Waals surface area contributed by atoms with Crippen LogP contribution >= 0.6 is 0 Å². The molecule has 82 valence electrons. The van der Waals surface area contributed by atoms with E-state index < -0.39 is 11.8 Å². The third-order valence-corrected chi connectivity index (χ3v) is 1.95. The van der Waals surface area contributed by atoms with Crippen molar-refractivity contribution in [2.45, 2.75) is 26.6 Å². The highest BCUT2D eigenvalue weighted by atomic mass is 16.7. The van der Waals surface area contributed by atoms with Crippen LogP contribution in [0.1, 0.15) is 20.8 Å². The maximum Gasteiger partial charge on any atom is 0.322 e. The van der Waals surface area contributed by atoms with E-state index in [1.807, 2.05) is 18.7 Å². The van der Waals surface area contributed by atoms with E-state index in [0.29, 0.717) is 0 Å². The largest absolute Gasteiger partial charge is 0.429 e. The van der Waals surface area contributed by atoms with E-state index in [-0.39, 0.29) is 6.54 Å². The number of ether oxygens (including phenoxy) is 1. The second-order valence-electron chi connectivity index (χ2n) is 3.19. The lowest BCUT2D eigenvalue weighted by Crippen LogP contribution is -2.36. The number of hydrogen-bond donors (Lipinski definition) is 1. The molecule has 4 nitrogen and oxygen atoms in total. The normalized spacial score (nSPS) is 14.9. The Bertz CT molecular complexity index is 198. The predicted molar refractivity (Wildman–Crippen MR) is 54.7 cm³/mol. The minimum atomic E-state index is -1.57. The van der Waals surface area contributed by atoms with Gasteiger partial charge >= 0.3 is 5.97 Å². The number of carbonyl (C=O) groups excluding carboxylic acids is 1. The Balaban J connectivity index is 4.03. The SMILES string of the molecule is C=CC(C)(O)OC(=O)CN(CC)CC. The minimum absolute atomic E-state index is 0.191. The van der Waals surface area contributed by atoms with Crippen LogP contribution in [0, 0.1) is 0 Å². The molecule has 14 heavy (non-hydrogen) atoms. The molecular formula is C10H19NO3. The third kappa shape index (κ3) is 4.99. The number of hydrogen-bond acceptors (Lipinski definition) is 4. The van der Waals surface area contributed by atoms with Crippen molar-refractivity contribution >= 4 is 5.97 Å². The van der Waals surface area contributed by atoms with Crippen LogP contribution in [0.5, 0.6) is 0 Å². The number of aliphatic hydroxyl groups is 1. The van der Waals surface area contributed by atoms with E-state index in [1.54, 1.807) is 0 Å². The highest BCUT2D eigenvalue weighted by molar-refractivity contribution is 5.72. The summed E-state index contributed by atoms with van der Waals surface area (Å²) >= 11 is 0. The molecule has 0 saturated carbocycles. The van der Waals surface area contributed by atoms with E-state index in [0.717, 1.165) is 13.1 Å². The maximum absolute atomic E-state index is 11.3. The second kappa shape index (κ2) is 5.78. The molecule has 0 aromatic carbocycles. The smallest absolute Gasteiger partial charge is 0.322 e. The second-order valence-corrected chi connectivity index (χ2v) is 3.19. The molecule has 1 unspecified atom stereocenters. The van der Waals surface area contributed by atoms with Crippen molar-refractivity contribution in [3.8, 4) is 0 Å². The zero-order valence-corrected chi connectivity index (χ0v) is 9.12. The summed E-state index contributed by atoms with van der Waals surface area (Å²) in [5.74, 6) is -2.01. The third-order valence-electron chi connectivity index (χ3n) is 1.95. The molecule has 1 N–H and O–H groups in total. The van der Waals surface area contributed by atoms with Crippen molar-refractivity contribution in [2.75, 3.05) is 19.6 Å². The molecule has 0 radical (unpaired) electrons. The predicted octanol–water partition coefficient (Wildman–Crippen LogP) is 0.766. The first-order valence-electron chi connectivity index (χ1n) is 4.75. The Morgan fingerprint density at radius 2 is 2.07 bits per heavy atom. The number of likely N-dealkylation sites (N-methyl/N-ethyl adjacent to an activating group) is 1. The number of rotatable bonds is 6. The topological polar surface area (TPSA) is 49.8 Å². The zero-order chi connectivity index (χ0) is 11.2. The molecule has 0 spiro atoms. The summed E-state index contributed by atoms with van der Waals surface area (Å²) < 4.78 is 4.78. The molecule has 0 heterocycles. The van der Waals surface area contributed by atoms with E-state index >= 15 is 0 Å². The fraction of sp³-hybridized carbons (Fsp3) is 0.700. The van der Waals surface area contributed by atoms with Crippen LogP contribution in [-0.4, -0.2) is 41.4 Å². The van der Waals surface area contributed by atoms with E-state index in [2.05, 4.69) is 6.58 Å². The van der Waals surface area contributed by atoms with Crippen LogP contribution in [0.4, 0.5) is 0 Å². The van der Waals surface area contributed by atoms with Crippen molar-refractivity contribution < 1.29 is 14.6 Å².